The summed E-state index contributed by atoms with van der Waals surface area (Å²) in [6.45, 7) is 0. The topological polar surface area (TPSA) is 55.2 Å². The van der Waals surface area contributed by atoms with Crippen molar-refractivity contribution >= 4 is 27.3 Å². The van der Waals surface area contributed by atoms with Crippen LogP contribution in [-0.2, 0) is 0 Å². The van der Waals surface area contributed by atoms with E-state index in [-0.39, 0.29) is 11.7 Å². The van der Waals surface area contributed by atoms with Gasteiger partial charge >= 0.3 is 5.69 Å². The molecule has 1 aromatic rings. The van der Waals surface area contributed by atoms with Crippen LogP contribution in [-0.4, -0.2) is 11.0 Å². The van der Waals surface area contributed by atoms with Crippen LogP contribution in [0.4, 0.5) is 15.8 Å². The highest BCUT2D eigenvalue weighted by Crippen LogP contribution is 2.34. The average Bonchev–Trinajstić information content (AvgIpc) is 2.09. The SMILES string of the molecule is O=[N+]([O-])c1c(F)cc(Br)cc1NC1CCC1. The molecule has 0 unspecified atom stereocenters. The lowest BCUT2D eigenvalue weighted by Crippen LogP contribution is -2.27. The van der Waals surface area contributed by atoms with Crippen LogP contribution in [0, 0.1) is 15.9 Å². The molecule has 1 aromatic carbocycles. The molecule has 0 aliphatic heterocycles. The van der Waals surface area contributed by atoms with Gasteiger partial charge in [-0.15, -0.1) is 0 Å². The van der Waals surface area contributed by atoms with E-state index in [9.17, 15) is 14.5 Å². The molecule has 1 aliphatic carbocycles. The molecule has 0 aromatic heterocycles. The van der Waals surface area contributed by atoms with Crippen LogP contribution in [0.2, 0.25) is 0 Å². The third-order valence-electron chi connectivity index (χ3n) is 2.68. The molecule has 16 heavy (non-hydrogen) atoms. The highest BCUT2D eigenvalue weighted by molar-refractivity contribution is 9.10. The standard InChI is InChI=1S/C10H10BrFN2O2/c11-6-4-8(12)10(14(15)16)9(5-6)13-7-2-1-3-7/h4-5,7,13H,1-3H2. The lowest BCUT2D eigenvalue weighted by molar-refractivity contribution is -0.386. The Morgan fingerprint density at radius 1 is 1.50 bits per heavy atom. The van der Waals surface area contributed by atoms with Crippen molar-refractivity contribution in [2.45, 2.75) is 25.3 Å². The van der Waals surface area contributed by atoms with E-state index in [0.29, 0.717) is 4.47 Å². The Morgan fingerprint density at radius 2 is 2.19 bits per heavy atom. The van der Waals surface area contributed by atoms with Gasteiger partial charge in [0.05, 0.1) is 4.92 Å². The van der Waals surface area contributed by atoms with Gasteiger partial charge in [0.1, 0.15) is 5.69 Å². The second-order valence-electron chi connectivity index (χ2n) is 3.81. The van der Waals surface area contributed by atoms with Gasteiger partial charge in [-0.25, -0.2) is 0 Å². The predicted molar refractivity (Wildman–Crippen MR) is 62.0 cm³/mol. The maximum atomic E-state index is 13.4. The number of halogens is 2. The van der Waals surface area contributed by atoms with Crippen molar-refractivity contribution in [2.24, 2.45) is 0 Å². The van der Waals surface area contributed by atoms with Gasteiger partial charge in [0.2, 0.25) is 5.82 Å². The summed E-state index contributed by atoms with van der Waals surface area (Å²) in [5, 5.41) is 13.8. The van der Waals surface area contributed by atoms with Crippen LogP contribution in [0.3, 0.4) is 0 Å². The minimum Gasteiger partial charge on any atom is -0.377 e. The van der Waals surface area contributed by atoms with E-state index in [2.05, 4.69) is 21.2 Å². The molecule has 1 saturated carbocycles. The molecular formula is C10H10BrFN2O2. The largest absolute Gasteiger partial charge is 0.377 e. The predicted octanol–water partition coefficient (Wildman–Crippen LogP) is 3.46. The van der Waals surface area contributed by atoms with E-state index in [1.807, 2.05) is 0 Å². The molecule has 0 heterocycles. The fraction of sp³-hybridized carbons (Fsp3) is 0.400. The number of nitrogens with one attached hydrogen (secondary N) is 1. The average molecular weight is 289 g/mol. The van der Waals surface area contributed by atoms with Crippen molar-refractivity contribution in [1.82, 2.24) is 0 Å². The second kappa shape index (κ2) is 4.37. The quantitative estimate of drug-likeness (QED) is 0.684. The number of benzene rings is 1. The number of rotatable bonds is 3. The van der Waals surface area contributed by atoms with E-state index >= 15 is 0 Å². The fourth-order valence-electron chi connectivity index (χ4n) is 1.63. The van der Waals surface area contributed by atoms with Gasteiger partial charge in [-0.05, 0) is 31.4 Å². The van der Waals surface area contributed by atoms with Crippen LogP contribution >= 0.6 is 15.9 Å². The summed E-state index contributed by atoms with van der Waals surface area (Å²) >= 11 is 3.12. The molecule has 1 N–H and O–H groups in total. The Hall–Kier alpha value is -1.17. The third-order valence-corrected chi connectivity index (χ3v) is 3.13. The zero-order valence-electron chi connectivity index (χ0n) is 8.37. The molecule has 1 fully saturated rings. The molecule has 0 spiro atoms. The Balaban J connectivity index is 2.35. The van der Waals surface area contributed by atoms with Crippen LogP contribution in [0.25, 0.3) is 0 Å². The highest BCUT2D eigenvalue weighted by Gasteiger charge is 2.25. The normalized spacial score (nSPS) is 15.6. The molecule has 0 saturated heterocycles. The van der Waals surface area contributed by atoms with Gasteiger partial charge in [-0.1, -0.05) is 15.9 Å². The highest BCUT2D eigenvalue weighted by atomic mass is 79.9. The number of nitro benzene ring substituents is 1. The van der Waals surface area contributed by atoms with Crippen molar-refractivity contribution in [2.75, 3.05) is 5.32 Å². The van der Waals surface area contributed by atoms with Crippen molar-refractivity contribution in [1.29, 1.82) is 0 Å². The van der Waals surface area contributed by atoms with Gasteiger partial charge in [0.25, 0.3) is 0 Å². The zero-order valence-corrected chi connectivity index (χ0v) is 9.96. The first-order valence-electron chi connectivity index (χ1n) is 4.98. The van der Waals surface area contributed by atoms with E-state index in [1.165, 1.54) is 0 Å². The van der Waals surface area contributed by atoms with E-state index in [1.54, 1.807) is 6.07 Å². The third kappa shape index (κ3) is 2.16. The van der Waals surface area contributed by atoms with Gasteiger partial charge in [0.15, 0.2) is 0 Å². The lowest BCUT2D eigenvalue weighted by atomic mass is 9.93. The minimum atomic E-state index is -0.818. The Morgan fingerprint density at radius 3 is 2.69 bits per heavy atom. The molecule has 0 amide bonds. The molecule has 6 heteroatoms. The monoisotopic (exact) mass is 288 g/mol. The van der Waals surface area contributed by atoms with Crippen LogP contribution < -0.4 is 5.32 Å². The Bertz CT molecular complexity index is 435. The maximum absolute atomic E-state index is 13.4. The summed E-state index contributed by atoms with van der Waals surface area (Å²) in [6, 6.07) is 2.87. The van der Waals surface area contributed by atoms with E-state index < -0.39 is 16.4 Å². The van der Waals surface area contributed by atoms with Gasteiger partial charge in [-0.3, -0.25) is 10.1 Å². The summed E-state index contributed by atoms with van der Waals surface area (Å²) in [6.07, 6.45) is 3.07. The number of anilines is 1. The number of nitrogens with zero attached hydrogens (tertiary/aromatic N) is 1. The first-order chi connectivity index (χ1) is 7.58. The van der Waals surface area contributed by atoms with E-state index in [4.69, 9.17) is 0 Å². The summed E-state index contributed by atoms with van der Waals surface area (Å²) in [4.78, 5) is 10.1. The molecule has 0 atom stereocenters. The molecule has 86 valence electrons. The molecule has 0 radical (unpaired) electrons. The first kappa shape index (κ1) is 11.3. The van der Waals surface area contributed by atoms with E-state index in [0.717, 1.165) is 25.3 Å². The van der Waals surface area contributed by atoms with Crippen LogP contribution in [0.1, 0.15) is 19.3 Å². The Labute approximate surface area is 100 Å². The minimum absolute atomic E-state index is 0.229. The van der Waals surface area contributed by atoms with Gasteiger partial charge in [0, 0.05) is 10.5 Å². The summed E-state index contributed by atoms with van der Waals surface area (Å²) < 4.78 is 13.9. The van der Waals surface area contributed by atoms with Crippen molar-refractivity contribution in [3.05, 3.63) is 32.5 Å². The number of hydrogen-bond acceptors (Lipinski definition) is 3. The van der Waals surface area contributed by atoms with Gasteiger partial charge in [-0.2, -0.15) is 4.39 Å². The summed E-state index contributed by atoms with van der Waals surface area (Å²) in [5.74, 6) is -0.818. The fourth-order valence-corrected chi connectivity index (χ4v) is 2.06. The van der Waals surface area contributed by atoms with Crippen molar-refractivity contribution < 1.29 is 9.31 Å². The van der Waals surface area contributed by atoms with Crippen molar-refractivity contribution in [3.8, 4) is 0 Å². The molecule has 1 aliphatic rings. The lowest BCUT2D eigenvalue weighted by Gasteiger charge is -2.27. The zero-order chi connectivity index (χ0) is 11.7. The maximum Gasteiger partial charge on any atom is 0.327 e. The van der Waals surface area contributed by atoms with Crippen LogP contribution in [0.15, 0.2) is 16.6 Å². The van der Waals surface area contributed by atoms with Gasteiger partial charge < -0.3 is 5.32 Å². The molecule has 0 bridgehead atoms. The molecule has 4 nitrogen and oxygen atoms in total. The Kier molecular flexibility index (Phi) is 3.09. The first-order valence-corrected chi connectivity index (χ1v) is 5.77. The van der Waals surface area contributed by atoms with Crippen molar-refractivity contribution in [3.63, 3.8) is 0 Å². The second-order valence-corrected chi connectivity index (χ2v) is 4.73. The summed E-state index contributed by atoms with van der Waals surface area (Å²) in [7, 11) is 0. The molecule has 2 rings (SSSR count). The van der Waals surface area contributed by atoms with Crippen LogP contribution in [0.5, 0.6) is 0 Å². The molecular weight excluding hydrogens is 279 g/mol. The summed E-state index contributed by atoms with van der Waals surface area (Å²) in [5.41, 5.74) is -0.225. The number of hydrogen-bond donors (Lipinski definition) is 1. The smallest absolute Gasteiger partial charge is 0.327 e. The number of nitro groups is 1.